The summed E-state index contributed by atoms with van der Waals surface area (Å²) < 4.78 is 37.0. The van der Waals surface area contributed by atoms with Gasteiger partial charge in [0.1, 0.15) is 37.1 Å². The van der Waals surface area contributed by atoms with Crippen LogP contribution in [0.25, 0.3) is 11.1 Å². The molecule has 0 spiro atoms. The molecule has 9 aromatic carbocycles. The van der Waals surface area contributed by atoms with Crippen molar-refractivity contribution < 1.29 is 42.8 Å². The van der Waals surface area contributed by atoms with Crippen LogP contribution in [0.4, 0.5) is 34.1 Å². The first-order valence-corrected chi connectivity index (χ1v) is 32.2. The summed E-state index contributed by atoms with van der Waals surface area (Å²) in [6, 6.07) is 76.0. The summed E-state index contributed by atoms with van der Waals surface area (Å²) in [7, 11) is 0. The highest BCUT2D eigenvalue weighted by Crippen LogP contribution is 2.40. The fourth-order valence-electron chi connectivity index (χ4n) is 10.7. The summed E-state index contributed by atoms with van der Waals surface area (Å²) in [6.07, 6.45) is 0. The van der Waals surface area contributed by atoms with Gasteiger partial charge in [0.15, 0.2) is 0 Å². The lowest BCUT2D eigenvalue weighted by Crippen LogP contribution is -2.51. The van der Waals surface area contributed by atoms with Gasteiger partial charge in [-0.2, -0.15) is 0 Å². The number of nitrogens with two attached hydrogens (primary N) is 1. The molecule has 16 nitrogen and oxygen atoms in total. The summed E-state index contributed by atoms with van der Waals surface area (Å²) in [5, 5.41) is 19.9. The number of hydrazine groups is 1. The van der Waals surface area contributed by atoms with Gasteiger partial charge in [0.2, 0.25) is 0 Å². The molecule has 0 amide bonds. The molecule has 1 aliphatic carbocycles. The van der Waals surface area contributed by atoms with E-state index in [0.717, 1.165) is 34.1 Å². The van der Waals surface area contributed by atoms with Crippen LogP contribution in [0.3, 0.4) is 0 Å². The van der Waals surface area contributed by atoms with E-state index in [-0.39, 0.29) is 97.8 Å². The standard InChI is InChI=1S/C80H81N7O9/c1-54(2)47-91-77(88)59-22-19-33-68(44-59)94-51-80(52-95-69-34-20-23-60(45-69)78(89)92-48-55(3)4,53-96-70-35-21-24-61(46-70)79(90)93-49-56(5)6)50-84-85-76-72(58-38-42-67(43-39-58)87(64-29-15-9-16-30-64)65-31-17-10-18-32-65)74(82)73(81)71(75(76)83)57-36-40-66(41-37-57)86(62-25-11-7-12-26-62)63-27-13-8-14-28-63/h7-46,54-56,81-82,84-85H,47-53,83H2,1-6H3. The lowest BCUT2D eigenvalue weighted by molar-refractivity contribution is 0.0301. The Hall–Kier alpha value is -11.2. The molecule has 0 heterocycles. The second kappa shape index (κ2) is 32.1. The highest BCUT2D eigenvalue weighted by Gasteiger charge is 2.37. The maximum Gasteiger partial charge on any atom is 0.338 e. The van der Waals surface area contributed by atoms with Crippen LogP contribution in [0, 0.1) is 34.0 Å². The lowest BCUT2D eigenvalue weighted by Gasteiger charge is -2.35. The number of hydrogen-bond donors (Lipinski definition) is 5. The minimum Gasteiger partial charge on any atom is -0.493 e. The number of ether oxygens (including phenoxy) is 6. The molecule has 1 aliphatic rings. The van der Waals surface area contributed by atoms with Crippen molar-refractivity contribution in [1.82, 2.24) is 10.9 Å². The molecule has 0 aromatic heterocycles. The number of carbonyl (C=O) groups excluding carboxylic acids is 3. The number of nitrogens with one attached hydrogen (secondary N) is 4. The molecule has 0 saturated carbocycles. The van der Waals surface area contributed by atoms with Gasteiger partial charge >= 0.3 is 17.9 Å². The highest BCUT2D eigenvalue weighted by molar-refractivity contribution is 6.68. The fourth-order valence-corrected chi connectivity index (χ4v) is 10.7. The molecule has 0 aliphatic heterocycles. The molecule has 10 rings (SSSR count). The fraction of sp³-hybridized carbons (Fsp3) is 0.212. The van der Waals surface area contributed by atoms with Gasteiger partial charge in [-0.1, -0.05) is 157 Å². The van der Waals surface area contributed by atoms with Crippen molar-refractivity contribution in [2.45, 2.75) is 41.5 Å². The molecule has 6 N–H and O–H groups in total. The van der Waals surface area contributed by atoms with Crippen LogP contribution in [-0.4, -0.2) is 75.5 Å². The van der Waals surface area contributed by atoms with Crippen molar-refractivity contribution in [3.05, 3.63) is 282 Å². The summed E-state index contributed by atoms with van der Waals surface area (Å²) in [5.74, 6) is -0.133. The van der Waals surface area contributed by atoms with Crippen molar-refractivity contribution >= 4 is 74.6 Å². The highest BCUT2D eigenvalue weighted by atomic mass is 16.5. The number of anilines is 6. The monoisotopic (exact) mass is 1280 g/mol. The Labute approximate surface area is 561 Å². The van der Waals surface area contributed by atoms with Gasteiger partial charge in [-0.15, -0.1) is 0 Å². The van der Waals surface area contributed by atoms with E-state index in [1.54, 1.807) is 72.8 Å². The van der Waals surface area contributed by atoms with E-state index >= 15 is 0 Å². The maximum absolute atomic E-state index is 13.4. The number of allylic oxidation sites excluding steroid dienone is 2. The molecule has 0 atom stereocenters. The Bertz CT molecular complexity index is 3950. The van der Waals surface area contributed by atoms with E-state index in [1.807, 2.05) is 211 Å². The van der Waals surface area contributed by atoms with E-state index in [4.69, 9.17) is 34.2 Å². The van der Waals surface area contributed by atoms with Crippen molar-refractivity contribution in [3.8, 4) is 17.2 Å². The van der Waals surface area contributed by atoms with Crippen LogP contribution in [0.5, 0.6) is 17.2 Å². The molecule has 9 aromatic rings. The van der Waals surface area contributed by atoms with E-state index in [1.165, 1.54) is 0 Å². The average molecular weight is 1280 g/mol. The SMILES string of the molecule is CC(C)COC(=O)c1cccc(OCC(CNNC2=C(c3ccc(N(c4ccccc4)c4ccccc4)cc3)C(=N)C(=N)C(c3ccc(N(c4ccccc4)c4ccccc4)cc3)=C2N)(COc2cccc(C(=O)OCC(C)C)c2)COc2cccc(C(=O)OCC(C)C)c2)c1. The van der Waals surface area contributed by atoms with Gasteiger partial charge in [-0.3, -0.25) is 10.8 Å². The minimum atomic E-state index is -1.24. The quantitative estimate of drug-likeness (QED) is 0.0123. The largest absolute Gasteiger partial charge is 0.493 e. The first-order valence-electron chi connectivity index (χ1n) is 32.2. The van der Waals surface area contributed by atoms with Crippen LogP contribution >= 0.6 is 0 Å². The van der Waals surface area contributed by atoms with Crippen LogP contribution < -0.4 is 40.6 Å². The third kappa shape index (κ3) is 17.3. The number of benzene rings is 9. The predicted molar refractivity (Wildman–Crippen MR) is 380 cm³/mol. The molecule has 0 unspecified atom stereocenters. The Morgan fingerprint density at radius 2 is 0.708 bits per heavy atom. The van der Waals surface area contributed by atoms with Crippen LogP contribution in [0.2, 0.25) is 0 Å². The number of esters is 3. The van der Waals surface area contributed by atoms with E-state index < -0.39 is 23.3 Å². The smallest absolute Gasteiger partial charge is 0.338 e. The topological polar surface area (TPSA) is 211 Å². The zero-order valence-electron chi connectivity index (χ0n) is 54.9. The average Bonchev–Trinajstić information content (AvgIpc) is 0.756. The third-order valence-corrected chi connectivity index (χ3v) is 15.6. The number of rotatable bonds is 30. The zero-order valence-corrected chi connectivity index (χ0v) is 54.9. The molecule has 0 bridgehead atoms. The van der Waals surface area contributed by atoms with Crippen molar-refractivity contribution in [1.29, 1.82) is 10.8 Å². The molecular formula is C80H81N7O9. The Morgan fingerprint density at radius 1 is 0.406 bits per heavy atom. The second-order valence-electron chi connectivity index (χ2n) is 24.8. The maximum atomic E-state index is 13.4. The number of nitrogens with zero attached hydrogens (tertiary/aromatic N) is 2. The minimum absolute atomic E-state index is 0.0227. The van der Waals surface area contributed by atoms with Crippen molar-refractivity contribution in [2.75, 3.05) is 56.0 Å². The first-order chi connectivity index (χ1) is 46.5. The Morgan fingerprint density at radius 3 is 1.03 bits per heavy atom. The molecule has 16 heteroatoms. The molecular weight excluding hydrogens is 1200 g/mol. The lowest BCUT2D eigenvalue weighted by atomic mass is 9.83. The summed E-state index contributed by atoms with van der Waals surface area (Å²) in [6.45, 7) is 12.1. The second-order valence-corrected chi connectivity index (χ2v) is 24.8. The molecule has 0 fully saturated rings. The van der Waals surface area contributed by atoms with E-state index in [9.17, 15) is 25.2 Å². The first kappa shape index (κ1) is 67.7. The number of carbonyl (C=O) groups is 3. The molecule has 490 valence electrons. The molecule has 96 heavy (non-hydrogen) atoms. The summed E-state index contributed by atoms with van der Waals surface area (Å²) >= 11 is 0. The molecule has 0 radical (unpaired) electrons. The van der Waals surface area contributed by atoms with Crippen molar-refractivity contribution in [2.24, 2.45) is 28.9 Å². The predicted octanol–water partition coefficient (Wildman–Crippen LogP) is 16.5. The number of hydrogen-bond acceptors (Lipinski definition) is 16. The van der Waals surface area contributed by atoms with Gasteiger partial charge in [0.05, 0.1) is 64.7 Å². The van der Waals surface area contributed by atoms with E-state index in [0.29, 0.717) is 45.2 Å². The summed E-state index contributed by atoms with van der Waals surface area (Å²) in [5.41, 5.74) is 21.8. The third-order valence-electron chi connectivity index (χ3n) is 15.6. The van der Waals surface area contributed by atoms with E-state index in [2.05, 4.69) is 20.7 Å². The van der Waals surface area contributed by atoms with Crippen LogP contribution in [0.15, 0.2) is 254 Å². The van der Waals surface area contributed by atoms with Gasteiger partial charge in [-0.05, 0) is 156 Å². The van der Waals surface area contributed by atoms with Gasteiger partial charge in [-0.25, -0.2) is 19.8 Å². The number of para-hydroxylation sites is 4. The molecule has 0 saturated heterocycles. The van der Waals surface area contributed by atoms with Crippen LogP contribution in [-0.2, 0) is 14.2 Å². The summed E-state index contributed by atoms with van der Waals surface area (Å²) in [4.78, 5) is 44.4. The zero-order chi connectivity index (χ0) is 67.6. The normalized spacial score (nSPS) is 12.4. The Kier molecular flexibility index (Phi) is 22.6. The van der Waals surface area contributed by atoms with Crippen LogP contribution in [0.1, 0.15) is 83.7 Å². The van der Waals surface area contributed by atoms with Gasteiger partial charge in [0.25, 0.3) is 0 Å². The van der Waals surface area contributed by atoms with Gasteiger partial charge in [0, 0.05) is 51.8 Å². The Balaban J connectivity index is 1.07. The van der Waals surface area contributed by atoms with Gasteiger partial charge < -0.3 is 49.4 Å². The van der Waals surface area contributed by atoms with Crippen molar-refractivity contribution in [3.63, 3.8) is 0 Å².